The van der Waals surface area contributed by atoms with Gasteiger partial charge in [0, 0.05) is 32.2 Å². The molecule has 18 heavy (non-hydrogen) atoms. The maximum atomic E-state index is 12.4. The van der Waals surface area contributed by atoms with Crippen LogP contribution in [0.3, 0.4) is 0 Å². The minimum absolute atomic E-state index is 0.0332. The van der Waals surface area contributed by atoms with Crippen LogP contribution in [0.1, 0.15) is 0 Å². The number of nitrogens with one attached hydrogen (secondary N) is 1. The molecule has 100 valence electrons. The highest BCUT2D eigenvalue weighted by Crippen LogP contribution is 2.17. The molecule has 2 saturated heterocycles. The third-order valence-corrected chi connectivity index (χ3v) is 3.77. The molecule has 1 N–H and O–H groups in total. The maximum absolute atomic E-state index is 12.4. The Hall–Kier alpha value is -1.09. The van der Waals surface area contributed by atoms with E-state index >= 15 is 0 Å². The molecule has 2 heterocycles. The van der Waals surface area contributed by atoms with Crippen LogP contribution in [0, 0.1) is 18.3 Å². The fourth-order valence-corrected chi connectivity index (χ4v) is 2.57. The maximum Gasteiger partial charge on any atom is 0.229 e. The molecule has 0 spiro atoms. The molecular formula is C13H21N3O2. The molecule has 2 unspecified atom stereocenters. The second-order valence-corrected chi connectivity index (χ2v) is 4.84. The molecule has 1 amide bonds. The molecule has 2 aliphatic heterocycles. The smallest absolute Gasteiger partial charge is 0.229 e. The van der Waals surface area contributed by atoms with Crippen molar-refractivity contribution in [1.29, 1.82) is 0 Å². The molecule has 5 nitrogen and oxygen atoms in total. The van der Waals surface area contributed by atoms with Crippen molar-refractivity contribution in [2.75, 3.05) is 53.0 Å². The summed E-state index contributed by atoms with van der Waals surface area (Å²) >= 11 is 0. The Kier molecular flexibility index (Phi) is 4.59. The summed E-state index contributed by atoms with van der Waals surface area (Å²) < 4.78 is 5.39. The first-order valence-corrected chi connectivity index (χ1v) is 6.46. The fourth-order valence-electron chi connectivity index (χ4n) is 2.57. The highest BCUT2D eigenvalue weighted by molar-refractivity contribution is 5.80. The molecule has 0 aromatic carbocycles. The van der Waals surface area contributed by atoms with Crippen molar-refractivity contribution in [3.8, 4) is 12.3 Å². The summed E-state index contributed by atoms with van der Waals surface area (Å²) in [5.41, 5.74) is 0. The van der Waals surface area contributed by atoms with Gasteiger partial charge in [0.1, 0.15) is 0 Å². The molecule has 2 rings (SSSR count). The van der Waals surface area contributed by atoms with Crippen LogP contribution in [-0.4, -0.2) is 74.7 Å². The van der Waals surface area contributed by atoms with Gasteiger partial charge in [-0.3, -0.25) is 9.69 Å². The Bertz CT molecular complexity index is 332. The first-order valence-electron chi connectivity index (χ1n) is 6.46. The molecule has 0 bridgehead atoms. The number of hydrogen-bond acceptors (Lipinski definition) is 4. The van der Waals surface area contributed by atoms with E-state index in [1.54, 1.807) is 0 Å². The van der Waals surface area contributed by atoms with Gasteiger partial charge in [0.15, 0.2) is 0 Å². The van der Waals surface area contributed by atoms with Crippen molar-refractivity contribution < 1.29 is 9.53 Å². The quantitative estimate of drug-likeness (QED) is 0.654. The lowest BCUT2D eigenvalue weighted by Gasteiger charge is -2.35. The van der Waals surface area contributed by atoms with Crippen molar-refractivity contribution in [3.05, 3.63) is 0 Å². The minimum Gasteiger partial charge on any atom is -0.379 e. The number of carbonyl (C=O) groups excluding carboxylic acids is 1. The van der Waals surface area contributed by atoms with E-state index in [4.69, 9.17) is 11.2 Å². The SMILES string of the molecule is C#CCN1CCN(C(=O)C2COCC2NC)CC1. The average molecular weight is 251 g/mol. The Morgan fingerprint density at radius 1 is 1.39 bits per heavy atom. The van der Waals surface area contributed by atoms with Gasteiger partial charge in [0.05, 0.1) is 25.7 Å². The van der Waals surface area contributed by atoms with Gasteiger partial charge < -0.3 is 15.0 Å². The van der Waals surface area contributed by atoms with Crippen LogP contribution in [0.25, 0.3) is 0 Å². The second-order valence-electron chi connectivity index (χ2n) is 4.84. The van der Waals surface area contributed by atoms with E-state index in [1.807, 2.05) is 11.9 Å². The van der Waals surface area contributed by atoms with Crippen LogP contribution in [0.15, 0.2) is 0 Å². The number of rotatable bonds is 3. The lowest BCUT2D eigenvalue weighted by Crippen LogP contribution is -2.52. The standard InChI is InChI=1S/C13H21N3O2/c1-3-4-15-5-7-16(8-6-15)13(17)11-9-18-10-12(11)14-2/h1,11-12,14H,4-10H2,2H3. The lowest BCUT2D eigenvalue weighted by molar-refractivity contribution is -0.137. The third-order valence-electron chi connectivity index (χ3n) is 3.77. The summed E-state index contributed by atoms with van der Waals surface area (Å²) in [6.07, 6.45) is 5.29. The Balaban J connectivity index is 1.86. The van der Waals surface area contributed by atoms with Crippen molar-refractivity contribution in [2.45, 2.75) is 6.04 Å². The van der Waals surface area contributed by atoms with Gasteiger partial charge >= 0.3 is 0 Å². The van der Waals surface area contributed by atoms with E-state index in [2.05, 4.69) is 16.1 Å². The fraction of sp³-hybridized carbons (Fsp3) is 0.769. The molecular weight excluding hydrogens is 230 g/mol. The van der Waals surface area contributed by atoms with E-state index < -0.39 is 0 Å². The van der Waals surface area contributed by atoms with E-state index in [0.29, 0.717) is 19.8 Å². The highest BCUT2D eigenvalue weighted by Gasteiger charge is 2.36. The van der Waals surface area contributed by atoms with Crippen molar-refractivity contribution >= 4 is 5.91 Å². The van der Waals surface area contributed by atoms with Gasteiger partial charge in [-0.05, 0) is 7.05 Å². The number of terminal acetylenes is 1. The lowest BCUT2D eigenvalue weighted by atomic mass is 10.0. The summed E-state index contributed by atoms with van der Waals surface area (Å²) in [5, 5.41) is 3.15. The predicted molar refractivity (Wildman–Crippen MR) is 69.0 cm³/mol. The molecule has 5 heteroatoms. The first kappa shape index (κ1) is 13.3. The van der Waals surface area contributed by atoms with Crippen LogP contribution < -0.4 is 5.32 Å². The number of likely N-dealkylation sites (N-methyl/N-ethyl adjacent to an activating group) is 1. The number of nitrogens with zero attached hydrogens (tertiary/aromatic N) is 2. The van der Waals surface area contributed by atoms with Crippen LogP contribution >= 0.6 is 0 Å². The van der Waals surface area contributed by atoms with Crippen molar-refractivity contribution in [3.63, 3.8) is 0 Å². The number of piperazine rings is 1. The van der Waals surface area contributed by atoms with E-state index in [-0.39, 0.29) is 17.9 Å². The summed E-state index contributed by atoms with van der Waals surface area (Å²) in [6, 6.07) is 0.154. The van der Waals surface area contributed by atoms with Crippen LogP contribution in [-0.2, 0) is 9.53 Å². The van der Waals surface area contributed by atoms with Crippen molar-refractivity contribution in [2.24, 2.45) is 5.92 Å². The third kappa shape index (κ3) is 2.83. The van der Waals surface area contributed by atoms with E-state index in [0.717, 1.165) is 26.2 Å². The molecule has 0 aromatic heterocycles. The van der Waals surface area contributed by atoms with Gasteiger partial charge in [0.2, 0.25) is 5.91 Å². The average Bonchev–Trinajstić information content (AvgIpc) is 2.87. The summed E-state index contributed by atoms with van der Waals surface area (Å²) in [5.74, 6) is 2.83. The molecule has 0 radical (unpaired) electrons. The molecule has 2 aliphatic rings. The zero-order valence-corrected chi connectivity index (χ0v) is 10.9. The number of carbonyl (C=O) groups is 1. The van der Waals surface area contributed by atoms with Crippen LogP contribution in [0.2, 0.25) is 0 Å². The molecule has 2 atom stereocenters. The minimum atomic E-state index is -0.0332. The van der Waals surface area contributed by atoms with Gasteiger partial charge in [0.25, 0.3) is 0 Å². The molecule has 2 fully saturated rings. The monoisotopic (exact) mass is 251 g/mol. The Morgan fingerprint density at radius 3 is 2.72 bits per heavy atom. The predicted octanol–water partition coefficient (Wildman–Crippen LogP) is -1.00. The highest BCUT2D eigenvalue weighted by atomic mass is 16.5. The first-order chi connectivity index (χ1) is 8.76. The van der Waals surface area contributed by atoms with Crippen LogP contribution in [0.4, 0.5) is 0 Å². The van der Waals surface area contributed by atoms with Crippen LogP contribution in [0.5, 0.6) is 0 Å². The molecule has 0 saturated carbocycles. The van der Waals surface area contributed by atoms with Gasteiger partial charge in [-0.2, -0.15) is 0 Å². The Morgan fingerprint density at radius 2 is 2.11 bits per heavy atom. The topological polar surface area (TPSA) is 44.8 Å². The summed E-state index contributed by atoms with van der Waals surface area (Å²) in [4.78, 5) is 16.5. The van der Waals surface area contributed by atoms with Gasteiger partial charge in [-0.25, -0.2) is 0 Å². The summed E-state index contributed by atoms with van der Waals surface area (Å²) in [7, 11) is 1.88. The van der Waals surface area contributed by atoms with Gasteiger partial charge in [-0.1, -0.05) is 5.92 Å². The number of amides is 1. The number of hydrogen-bond donors (Lipinski definition) is 1. The summed E-state index contributed by atoms with van der Waals surface area (Å²) in [6.45, 7) is 5.12. The second kappa shape index (κ2) is 6.19. The molecule has 0 aliphatic carbocycles. The van der Waals surface area contributed by atoms with Crippen molar-refractivity contribution in [1.82, 2.24) is 15.1 Å². The van der Waals surface area contributed by atoms with E-state index in [1.165, 1.54) is 0 Å². The zero-order chi connectivity index (χ0) is 13.0. The largest absolute Gasteiger partial charge is 0.379 e. The zero-order valence-electron chi connectivity index (χ0n) is 10.9. The normalized spacial score (nSPS) is 29.2. The van der Waals surface area contributed by atoms with Gasteiger partial charge in [-0.15, -0.1) is 6.42 Å². The Labute approximate surface area is 108 Å². The number of ether oxygens (including phenoxy) is 1. The molecule has 0 aromatic rings. The van der Waals surface area contributed by atoms with E-state index in [9.17, 15) is 4.79 Å².